The Labute approximate surface area is 238 Å². The Morgan fingerprint density at radius 1 is 1.10 bits per heavy atom. The topological polar surface area (TPSA) is 107 Å². The number of quaternary nitrogens is 1. The third-order valence-corrected chi connectivity index (χ3v) is 7.22. The van der Waals surface area contributed by atoms with Crippen molar-refractivity contribution >= 4 is 34.4 Å². The molecule has 42 heavy (non-hydrogen) atoms. The molecule has 2 N–H and O–H groups in total. The maximum Gasteiger partial charge on any atom is 0.416 e. The minimum Gasteiger partial charge on any atom is -0.633 e. The second-order valence-corrected chi connectivity index (χ2v) is 10.1. The lowest BCUT2D eigenvalue weighted by Crippen LogP contribution is -2.56. The van der Waals surface area contributed by atoms with Crippen LogP contribution in [-0.2, 0) is 18.0 Å². The van der Waals surface area contributed by atoms with E-state index in [1.165, 1.54) is 6.20 Å². The zero-order valence-corrected chi connectivity index (χ0v) is 22.9. The third-order valence-electron chi connectivity index (χ3n) is 7.22. The lowest BCUT2D eigenvalue weighted by molar-refractivity contribution is -0.883. The monoisotopic (exact) mass is 587 g/mol. The van der Waals surface area contributed by atoms with Crippen LogP contribution in [0.5, 0.6) is 11.5 Å². The van der Waals surface area contributed by atoms with Crippen molar-refractivity contribution in [2.45, 2.75) is 13.1 Å². The van der Waals surface area contributed by atoms with Gasteiger partial charge in [-0.3, -0.25) is 9.69 Å². The van der Waals surface area contributed by atoms with Gasteiger partial charge in [-0.2, -0.15) is 13.2 Å². The number of ether oxygens (including phenoxy) is 1. The Hall–Kier alpha value is -4.27. The molecule has 0 bridgehead atoms. The molecule has 0 atom stereocenters. The van der Waals surface area contributed by atoms with Crippen LogP contribution in [0.1, 0.15) is 12.5 Å². The van der Waals surface area contributed by atoms with Gasteiger partial charge in [0.2, 0.25) is 11.9 Å². The smallest absolute Gasteiger partial charge is 0.416 e. The second-order valence-electron chi connectivity index (χ2n) is 10.1. The summed E-state index contributed by atoms with van der Waals surface area (Å²) in [5, 5.41) is 17.7. The number of fused-ring (bicyclic) bond motifs is 1. The molecule has 14 heteroatoms. The highest BCUT2D eigenvalue weighted by molar-refractivity contribution is 5.91. The Bertz CT molecular complexity index is 1600. The van der Waals surface area contributed by atoms with E-state index in [-0.39, 0.29) is 28.7 Å². The number of alkyl halides is 3. The molecular formula is C28H29F4N7O3. The molecule has 0 unspecified atom stereocenters. The van der Waals surface area contributed by atoms with Crippen LogP contribution in [0.3, 0.4) is 0 Å². The number of likely N-dealkylation sites (N-methyl/N-ethyl adjacent to an activating group) is 1. The molecule has 2 aromatic heterocycles. The lowest BCUT2D eigenvalue weighted by Gasteiger charge is -2.47. The van der Waals surface area contributed by atoms with Crippen molar-refractivity contribution in [3.05, 3.63) is 71.3 Å². The highest BCUT2D eigenvalue weighted by Crippen LogP contribution is 2.34. The molecule has 3 heterocycles. The van der Waals surface area contributed by atoms with Crippen molar-refractivity contribution in [2.75, 3.05) is 49.9 Å². The number of aromatic nitrogens is 3. The van der Waals surface area contributed by atoms with Crippen molar-refractivity contribution in [2.24, 2.45) is 7.05 Å². The number of rotatable bonds is 8. The number of piperazine rings is 1. The number of nitrogens with one attached hydrogen (secondary N) is 2. The van der Waals surface area contributed by atoms with E-state index in [1.54, 1.807) is 41.9 Å². The van der Waals surface area contributed by atoms with E-state index in [2.05, 4.69) is 20.6 Å². The number of carbonyl (C=O) groups is 1. The summed E-state index contributed by atoms with van der Waals surface area (Å²) in [5.41, 5.74) is -0.255. The largest absolute Gasteiger partial charge is 0.633 e. The molecule has 1 aliphatic heterocycles. The van der Waals surface area contributed by atoms with Crippen LogP contribution < -0.4 is 15.4 Å². The lowest BCUT2D eigenvalue weighted by atomic mass is 10.2. The van der Waals surface area contributed by atoms with Gasteiger partial charge in [-0.1, -0.05) is 0 Å². The third kappa shape index (κ3) is 6.61. The van der Waals surface area contributed by atoms with Gasteiger partial charge < -0.3 is 29.8 Å². The first-order chi connectivity index (χ1) is 19.9. The van der Waals surface area contributed by atoms with Gasteiger partial charge in [-0.05, 0) is 43.3 Å². The normalized spacial score (nSPS) is 15.5. The first kappa shape index (κ1) is 29.2. The van der Waals surface area contributed by atoms with Gasteiger partial charge in [0.1, 0.15) is 23.1 Å². The van der Waals surface area contributed by atoms with Crippen molar-refractivity contribution in [3.63, 3.8) is 0 Å². The summed E-state index contributed by atoms with van der Waals surface area (Å²) < 4.78 is 60.9. The summed E-state index contributed by atoms with van der Waals surface area (Å²) >= 11 is 0. The number of imidazole rings is 1. The number of hydrogen-bond acceptors (Lipinski definition) is 7. The SMILES string of the molecule is CC[N+]1([O-])CCN(CC(=O)Nc2cc(Oc3ccc4c(c3)nc(Nc3cc(C(F)(F)F)ccc3F)n4C)ccn2)CC1. The van der Waals surface area contributed by atoms with Crippen molar-refractivity contribution in [1.82, 2.24) is 19.4 Å². The first-order valence-corrected chi connectivity index (χ1v) is 13.3. The van der Waals surface area contributed by atoms with Crippen LogP contribution in [0, 0.1) is 11.0 Å². The molecule has 222 valence electrons. The Morgan fingerprint density at radius 2 is 1.83 bits per heavy atom. The van der Waals surface area contributed by atoms with Crippen LogP contribution in [0.4, 0.5) is 35.0 Å². The molecule has 0 spiro atoms. The van der Waals surface area contributed by atoms with Crippen molar-refractivity contribution in [3.8, 4) is 11.5 Å². The standard InChI is InChI=1S/C28H29F4N7O3/c1-3-39(41)12-10-38(11-13-39)17-26(40)36-25-16-20(8-9-33-25)42-19-5-7-24-23(15-19)35-27(37(24)2)34-22-14-18(28(30,31)32)4-6-21(22)29/h4-9,14-16H,3,10-13,17H2,1-2H3,(H,34,35)(H,33,36,40). The van der Waals surface area contributed by atoms with Gasteiger partial charge in [0.05, 0.1) is 48.5 Å². The number of aryl methyl sites for hydroxylation is 1. The molecule has 1 aliphatic rings. The molecule has 4 aromatic rings. The number of anilines is 3. The maximum absolute atomic E-state index is 14.3. The molecule has 5 rings (SSSR count). The summed E-state index contributed by atoms with van der Waals surface area (Å²) in [4.78, 5) is 23.1. The van der Waals surface area contributed by atoms with Crippen molar-refractivity contribution in [1.29, 1.82) is 0 Å². The average molecular weight is 588 g/mol. The van der Waals surface area contributed by atoms with Crippen LogP contribution in [0.25, 0.3) is 11.0 Å². The van der Waals surface area contributed by atoms with Gasteiger partial charge in [-0.25, -0.2) is 14.4 Å². The molecule has 0 aliphatic carbocycles. The van der Waals surface area contributed by atoms with Gasteiger partial charge in [0, 0.05) is 38.5 Å². The Balaban J connectivity index is 1.25. The van der Waals surface area contributed by atoms with E-state index < -0.39 is 17.6 Å². The molecule has 0 saturated carbocycles. The molecule has 2 aromatic carbocycles. The molecule has 0 radical (unpaired) electrons. The van der Waals surface area contributed by atoms with Gasteiger partial charge >= 0.3 is 6.18 Å². The average Bonchev–Trinajstić information content (AvgIpc) is 3.25. The van der Waals surface area contributed by atoms with Crippen LogP contribution >= 0.6 is 0 Å². The van der Waals surface area contributed by atoms with E-state index in [1.807, 2.05) is 11.8 Å². The van der Waals surface area contributed by atoms with Crippen LogP contribution in [0.2, 0.25) is 0 Å². The summed E-state index contributed by atoms with van der Waals surface area (Å²) in [7, 11) is 1.64. The Kier molecular flexibility index (Phi) is 8.03. The molecular weight excluding hydrogens is 558 g/mol. The van der Waals surface area contributed by atoms with Gasteiger partial charge in [-0.15, -0.1) is 0 Å². The van der Waals surface area contributed by atoms with Gasteiger partial charge in [0.15, 0.2) is 0 Å². The highest BCUT2D eigenvalue weighted by Gasteiger charge is 2.31. The van der Waals surface area contributed by atoms with E-state index in [0.717, 1.165) is 6.07 Å². The van der Waals surface area contributed by atoms with E-state index in [0.29, 0.717) is 73.2 Å². The molecule has 1 amide bonds. The van der Waals surface area contributed by atoms with Crippen LogP contribution in [0.15, 0.2) is 54.7 Å². The summed E-state index contributed by atoms with van der Waals surface area (Å²) in [5.74, 6) is 0.131. The number of hydrogen-bond donors (Lipinski definition) is 2. The fourth-order valence-corrected chi connectivity index (χ4v) is 4.68. The first-order valence-electron chi connectivity index (χ1n) is 13.3. The fraction of sp³-hybridized carbons (Fsp3) is 0.321. The number of hydroxylamine groups is 3. The fourth-order valence-electron chi connectivity index (χ4n) is 4.68. The number of benzene rings is 2. The summed E-state index contributed by atoms with van der Waals surface area (Å²) in [6.45, 7) is 4.52. The summed E-state index contributed by atoms with van der Waals surface area (Å²) in [6, 6.07) is 10.3. The summed E-state index contributed by atoms with van der Waals surface area (Å²) in [6.07, 6.45) is -3.13. The number of halogens is 4. The quantitative estimate of drug-likeness (QED) is 0.165. The zero-order chi connectivity index (χ0) is 30.1. The van der Waals surface area contributed by atoms with E-state index in [4.69, 9.17) is 4.74 Å². The predicted molar refractivity (Wildman–Crippen MR) is 149 cm³/mol. The zero-order valence-electron chi connectivity index (χ0n) is 22.9. The number of carbonyl (C=O) groups excluding carboxylic acids is 1. The minimum absolute atomic E-state index is 0.137. The highest BCUT2D eigenvalue weighted by atomic mass is 19.4. The minimum atomic E-state index is -4.62. The van der Waals surface area contributed by atoms with Crippen molar-refractivity contribution < 1.29 is 31.7 Å². The molecule has 1 fully saturated rings. The van der Waals surface area contributed by atoms with E-state index >= 15 is 0 Å². The van der Waals surface area contributed by atoms with Crippen LogP contribution in [-0.4, -0.2) is 69.3 Å². The molecule has 1 saturated heterocycles. The van der Waals surface area contributed by atoms with Gasteiger partial charge in [0.25, 0.3) is 0 Å². The maximum atomic E-state index is 14.3. The number of pyridine rings is 1. The Morgan fingerprint density at radius 3 is 2.55 bits per heavy atom. The molecule has 10 nitrogen and oxygen atoms in total. The number of nitrogens with zero attached hydrogens (tertiary/aromatic N) is 5. The predicted octanol–water partition coefficient (Wildman–Crippen LogP) is 5.25. The number of amides is 1. The second kappa shape index (κ2) is 11.5. The van der Waals surface area contributed by atoms with E-state index in [9.17, 15) is 27.6 Å².